The number of pyridine rings is 2. The number of alkyl halides is 3. The maximum absolute atomic E-state index is 12.9. The van der Waals surface area contributed by atoms with Crippen molar-refractivity contribution in [1.82, 2.24) is 24.8 Å². The number of carbonyl (C=O) groups excluding carboxylic acids is 1. The van der Waals surface area contributed by atoms with E-state index in [-0.39, 0.29) is 30.1 Å². The van der Waals surface area contributed by atoms with E-state index in [0.717, 1.165) is 31.2 Å². The molecular weight excluding hydrogens is 409 g/mol. The van der Waals surface area contributed by atoms with Crippen molar-refractivity contribution in [3.05, 3.63) is 71.9 Å². The number of halogens is 3. The molecule has 0 aromatic carbocycles. The van der Waals surface area contributed by atoms with Gasteiger partial charge in [0, 0.05) is 30.8 Å². The van der Waals surface area contributed by atoms with Crippen molar-refractivity contribution < 1.29 is 18.0 Å². The first kappa shape index (κ1) is 20.7. The number of rotatable bonds is 5. The quantitative estimate of drug-likeness (QED) is 0.663. The van der Waals surface area contributed by atoms with Gasteiger partial charge < -0.3 is 10.2 Å². The highest BCUT2D eigenvalue weighted by Crippen LogP contribution is 2.32. The molecule has 1 atom stereocenters. The van der Waals surface area contributed by atoms with Crippen molar-refractivity contribution in [3.8, 4) is 0 Å². The van der Waals surface area contributed by atoms with Crippen LogP contribution in [0.2, 0.25) is 0 Å². The zero-order chi connectivity index (χ0) is 21.8. The highest BCUT2D eigenvalue weighted by molar-refractivity contribution is 5.79. The number of carbonyl (C=O) groups is 1. The van der Waals surface area contributed by atoms with Crippen LogP contribution in [-0.4, -0.2) is 37.3 Å². The van der Waals surface area contributed by atoms with Crippen molar-refractivity contribution in [2.24, 2.45) is 0 Å². The summed E-state index contributed by atoms with van der Waals surface area (Å²) in [5.41, 5.74) is 0.499. The largest absolute Gasteiger partial charge is 0.416 e. The summed E-state index contributed by atoms with van der Waals surface area (Å²) in [7, 11) is 0. The van der Waals surface area contributed by atoms with Gasteiger partial charge in [0.15, 0.2) is 0 Å². The number of nitrogens with one attached hydrogen (secondary N) is 1. The second-order valence-electron chi connectivity index (χ2n) is 7.10. The van der Waals surface area contributed by atoms with Crippen molar-refractivity contribution in [3.63, 3.8) is 0 Å². The van der Waals surface area contributed by atoms with E-state index in [1.54, 1.807) is 29.3 Å². The third-order valence-electron chi connectivity index (χ3n) is 4.98. The first-order chi connectivity index (χ1) is 14.9. The highest BCUT2D eigenvalue weighted by atomic mass is 19.4. The van der Waals surface area contributed by atoms with Crippen LogP contribution < -0.4 is 5.32 Å². The van der Waals surface area contributed by atoms with Gasteiger partial charge in [0.05, 0.1) is 23.7 Å². The van der Waals surface area contributed by atoms with Crippen LogP contribution in [0.25, 0.3) is 0 Å². The summed E-state index contributed by atoms with van der Waals surface area (Å²) in [5, 5.41) is 2.72. The van der Waals surface area contributed by atoms with Gasteiger partial charge >= 0.3 is 6.18 Å². The van der Waals surface area contributed by atoms with E-state index in [4.69, 9.17) is 0 Å². The molecule has 1 aliphatic heterocycles. The molecule has 1 amide bonds. The van der Waals surface area contributed by atoms with E-state index in [2.05, 4.69) is 25.3 Å². The standard InChI is InChI=1S/C21H19F3N6O/c22-21(23,24)14-6-9-26-18(12-14)29-20-27-10-7-16(28-20)17-5-3-11-30(17)19(31)13-15-4-1-2-8-25-15/h1-2,4,6-10,12,17H,3,5,11,13H2,(H,26,27,28,29)/t17-/m0/s1. The van der Waals surface area contributed by atoms with Gasteiger partial charge in [-0.05, 0) is 43.2 Å². The fourth-order valence-electron chi connectivity index (χ4n) is 3.54. The summed E-state index contributed by atoms with van der Waals surface area (Å²) in [6.45, 7) is 0.609. The second kappa shape index (κ2) is 8.66. The third-order valence-corrected chi connectivity index (χ3v) is 4.98. The first-order valence-electron chi connectivity index (χ1n) is 9.73. The van der Waals surface area contributed by atoms with E-state index < -0.39 is 11.7 Å². The smallest absolute Gasteiger partial charge is 0.334 e. The van der Waals surface area contributed by atoms with Crippen LogP contribution in [0.15, 0.2) is 55.0 Å². The zero-order valence-corrected chi connectivity index (χ0v) is 16.4. The Bertz CT molecular complexity index is 1060. The maximum atomic E-state index is 12.9. The molecule has 0 spiro atoms. The lowest BCUT2D eigenvalue weighted by atomic mass is 10.1. The van der Waals surface area contributed by atoms with E-state index in [1.165, 1.54) is 6.20 Å². The lowest BCUT2D eigenvalue weighted by Crippen LogP contribution is -2.32. The van der Waals surface area contributed by atoms with Gasteiger partial charge in [-0.15, -0.1) is 0 Å². The number of amides is 1. The molecule has 1 fully saturated rings. The molecule has 3 aromatic heterocycles. The van der Waals surface area contributed by atoms with Crippen molar-refractivity contribution in [2.45, 2.75) is 31.5 Å². The Balaban J connectivity index is 1.50. The van der Waals surface area contributed by atoms with Crippen LogP contribution in [0.1, 0.15) is 35.8 Å². The third kappa shape index (κ3) is 4.96. The lowest BCUT2D eigenvalue weighted by Gasteiger charge is -2.24. The summed E-state index contributed by atoms with van der Waals surface area (Å²) in [6, 6.07) is 8.71. The van der Waals surface area contributed by atoms with Crippen LogP contribution in [0.3, 0.4) is 0 Å². The molecule has 3 aromatic rings. The van der Waals surface area contributed by atoms with Gasteiger partial charge in [0.2, 0.25) is 11.9 Å². The molecule has 160 valence electrons. The summed E-state index contributed by atoms with van der Waals surface area (Å²) >= 11 is 0. The van der Waals surface area contributed by atoms with Crippen molar-refractivity contribution in [1.29, 1.82) is 0 Å². The predicted octanol–water partition coefficient (Wildman–Crippen LogP) is 3.94. The average molecular weight is 428 g/mol. The molecule has 1 N–H and O–H groups in total. The van der Waals surface area contributed by atoms with Gasteiger partial charge in [0.25, 0.3) is 0 Å². The number of anilines is 2. The minimum Gasteiger partial charge on any atom is -0.334 e. The molecule has 4 rings (SSSR count). The van der Waals surface area contributed by atoms with Crippen LogP contribution in [-0.2, 0) is 17.4 Å². The van der Waals surface area contributed by atoms with Crippen LogP contribution in [0.5, 0.6) is 0 Å². The average Bonchev–Trinajstić information content (AvgIpc) is 3.24. The molecule has 0 radical (unpaired) electrons. The molecular formula is C21H19F3N6O. The SMILES string of the molecule is O=C(Cc1ccccn1)N1CCC[C@H]1c1ccnc(Nc2cc(C(F)(F)F)ccn2)n1. The molecule has 7 nitrogen and oxygen atoms in total. The molecule has 31 heavy (non-hydrogen) atoms. The molecule has 0 aliphatic carbocycles. The lowest BCUT2D eigenvalue weighted by molar-refractivity contribution is -0.137. The Morgan fingerprint density at radius 3 is 2.71 bits per heavy atom. The second-order valence-corrected chi connectivity index (χ2v) is 7.10. The van der Waals surface area contributed by atoms with E-state index in [0.29, 0.717) is 17.9 Å². The van der Waals surface area contributed by atoms with Crippen LogP contribution in [0, 0.1) is 0 Å². The summed E-state index contributed by atoms with van der Waals surface area (Å²) in [5.74, 6) is 0.0590. The number of aromatic nitrogens is 4. The topological polar surface area (TPSA) is 83.9 Å². The Hall–Kier alpha value is -3.56. The Kier molecular flexibility index (Phi) is 5.79. The summed E-state index contributed by atoms with van der Waals surface area (Å²) < 4.78 is 38.8. The number of nitrogens with zero attached hydrogens (tertiary/aromatic N) is 5. The van der Waals surface area contributed by atoms with Gasteiger partial charge in [-0.3, -0.25) is 9.78 Å². The van der Waals surface area contributed by atoms with Gasteiger partial charge in [-0.2, -0.15) is 13.2 Å². The fraction of sp³-hybridized carbons (Fsp3) is 0.286. The minimum absolute atomic E-state index is 0.0125. The molecule has 1 saturated heterocycles. The van der Waals surface area contributed by atoms with Gasteiger partial charge in [-0.25, -0.2) is 15.0 Å². The molecule has 0 saturated carbocycles. The number of hydrogen-bond acceptors (Lipinski definition) is 6. The predicted molar refractivity (Wildman–Crippen MR) is 106 cm³/mol. The summed E-state index contributed by atoms with van der Waals surface area (Å²) in [4.78, 5) is 31.2. The zero-order valence-electron chi connectivity index (χ0n) is 16.4. The number of likely N-dealkylation sites (tertiary alicyclic amines) is 1. The monoisotopic (exact) mass is 428 g/mol. The van der Waals surface area contributed by atoms with Gasteiger partial charge in [-0.1, -0.05) is 6.07 Å². The Labute approximate surface area is 176 Å². The Morgan fingerprint density at radius 2 is 1.94 bits per heavy atom. The number of hydrogen-bond donors (Lipinski definition) is 1. The molecule has 1 aliphatic rings. The maximum Gasteiger partial charge on any atom is 0.416 e. The van der Waals surface area contributed by atoms with Crippen LogP contribution >= 0.6 is 0 Å². The van der Waals surface area contributed by atoms with Crippen molar-refractivity contribution in [2.75, 3.05) is 11.9 Å². The first-order valence-corrected chi connectivity index (χ1v) is 9.73. The molecule has 10 heteroatoms. The highest BCUT2D eigenvalue weighted by Gasteiger charge is 2.32. The van der Waals surface area contributed by atoms with E-state index in [1.807, 2.05) is 6.07 Å². The normalized spacial score (nSPS) is 16.4. The van der Waals surface area contributed by atoms with Crippen LogP contribution in [0.4, 0.5) is 24.9 Å². The Morgan fingerprint density at radius 1 is 1.10 bits per heavy atom. The molecule has 0 bridgehead atoms. The van der Waals surface area contributed by atoms with Crippen molar-refractivity contribution >= 4 is 17.7 Å². The van der Waals surface area contributed by atoms with E-state index >= 15 is 0 Å². The summed E-state index contributed by atoms with van der Waals surface area (Å²) in [6.07, 6.45) is 1.53. The molecule has 0 unspecified atom stereocenters. The fourth-order valence-corrected chi connectivity index (χ4v) is 3.54. The molecule has 4 heterocycles. The van der Waals surface area contributed by atoms with E-state index in [9.17, 15) is 18.0 Å². The minimum atomic E-state index is -4.47. The van der Waals surface area contributed by atoms with Gasteiger partial charge in [0.1, 0.15) is 5.82 Å².